The average molecular weight is 311 g/mol. The highest BCUT2D eigenvalue weighted by Gasteiger charge is 2.10. The molecule has 1 aromatic carbocycles. The third kappa shape index (κ3) is 4.90. The molecule has 6 heteroatoms. The van der Waals surface area contributed by atoms with Gasteiger partial charge in [0.25, 0.3) is 5.91 Å². The molecule has 0 unspecified atom stereocenters. The zero-order chi connectivity index (χ0) is 14.4. The minimum atomic E-state index is -0.220. The Hall–Kier alpha value is -1.82. The van der Waals surface area contributed by atoms with Crippen molar-refractivity contribution in [3.63, 3.8) is 0 Å². The van der Waals surface area contributed by atoms with Gasteiger partial charge in [0, 0.05) is 12.3 Å². The van der Waals surface area contributed by atoms with Gasteiger partial charge in [0.15, 0.2) is 0 Å². The normalized spacial score (nSPS) is 10.0. The van der Waals surface area contributed by atoms with E-state index in [-0.39, 0.29) is 24.9 Å². The number of rotatable bonds is 6. The van der Waals surface area contributed by atoms with Crippen LogP contribution >= 0.6 is 12.4 Å². The summed E-state index contributed by atoms with van der Waals surface area (Å²) in [6, 6.07) is 9.19. The Morgan fingerprint density at radius 2 is 2.19 bits per heavy atom. The minimum Gasteiger partial charge on any atom is -0.467 e. The van der Waals surface area contributed by atoms with Crippen LogP contribution in [0.3, 0.4) is 0 Å². The van der Waals surface area contributed by atoms with E-state index in [0.717, 1.165) is 11.3 Å². The third-order valence-corrected chi connectivity index (χ3v) is 2.77. The summed E-state index contributed by atoms with van der Waals surface area (Å²) in [5, 5.41) is 2.82. The molecular formula is C15H19ClN2O3. The van der Waals surface area contributed by atoms with E-state index in [4.69, 9.17) is 14.9 Å². The van der Waals surface area contributed by atoms with E-state index in [9.17, 15) is 4.79 Å². The number of carbonyl (C=O) groups is 1. The number of nitrogens with two attached hydrogens (primary N) is 1. The summed E-state index contributed by atoms with van der Waals surface area (Å²) in [5.74, 6) is 0.363. The van der Waals surface area contributed by atoms with Crippen molar-refractivity contribution < 1.29 is 13.9 Å². The van der Waals surface area contributed by atoms with Crippen LogP contribution in [-0.2, 0) is 17.9 Å². The van der Waals surface area contributed by atoms with Crippen LogP contribution in [-0.4, -0.2) is 12.5 Å². The number of carbonyl (C=O) groups excluding carboxylic acids is 1. The molecule has 0 aliphatic rings. The molecule has 2 rings (SSSR count). The van der Waals surface area contributed by atoms with Gasteiger partial charge in [-0.25, -0.2) is 0 Å². The zero-order valence-corrected chi connectivity index (χ0v) is 12.6. The van der Waals surface area contributed by atoms with Crippen LogP contribution in [0.15, 0.2) is 41.0 Å². The standard InChI is InChI=1S/C15H18N2O3.ClH/c1-2-19-9-11-4-3-5-13(6-11)17-15(18)12-7-14(8-16)20-10-12;/h3-7,10H,2,8-9,16H2,1H3,(H,17,18);1H. The van der Waals surface area contributed by atoms with Crippen molar-refractivity contribution in [1.29, 1.82) is 0 Å². The Kier molecular flexibility index (Phi) is 6.94. The van der Waals surface area contributed by atoms with Crippen LogP contribution in [0, 0.1) is 0 Å². The minimum absolute atomic E-state index is 0. The highest BCUT2D eigenvalue weighted by molar-refractivity contribution is 6.04. The zero-order valence-electron chi connectivity index (χ0n) is 11.8. The smallest absolute Gasteiger partial charge is 0.258 e. The Bertz CT molecular complexity index is 584. The van der Waals surface area contributed by atoms with E-state index in [1.165, 1.54) is 6.26 Å². The molecule has 0 spiro atoms. The number of hydrogen-bond donors (Lipinski definition) is 2. The lowest BCUT2D eigenvalue weighted by Crippen LogP contribution is -2.11. The summed E-state index contributed by atoms with van der Waals surface area (Å²) >= 11 is 0. The number of nitrogens with one attached hydrogen (secondary N) is 1. The van der Waals surface area contributed by atoms with Gasteiger partial charge in [-0.3, -0.25) is 4.79 Å². The highest BCUT2D eigenvalue weighted by Crippen LogP contribution is 2.14. The molecule has 0 bridgehead atoms. The molecule has 3 N–H and O–H groups in total. The summed E-state index contributed by atoms with van der Waals surface area (Å²) in [7, 11) is 0. The lowest BCUT2D eigenvalue weighted by atomic mass is 10.2. The molecule has 0 aliphatic heterocycles. The molecule has 2 aromatic rings. The topological polar surface area (TPSA) is 77.5 Å². The van der Waals surface area contributed by atoms with Crippen LogP contribution in [0.5, 0.6) is 0 Å². The van der Waals surface area contributed by atoms with Crippen molar-refractivity contribution in [2.24, 2.45) is 5.73 Å². The van der Waals surface area contributed by atoms with Gasteiger partial charge in [-0.1, -0.05) is 12.1 Å². The predicted octanol–water partition coefficient (Wildman–Crippen LogP) is 2.95. The van der Waals surface area contributed by atoms with Gasteiger partial charge in [0.05, 0.1) is 18.7 Å². The monoisotopic (exact) mass is 310 g/mol. The van der Waals surface area contributed by atoms with Gasteiger partial charge in [-0.15, -0.1) is 12.4 Å². The fraction of sp³-hybridized carbons (Fsp3) is 0.267. The summed E-state index contributed by atoms with van der Waals surface area (Å²) in [5.41, 5.74) is 7.64. The molecule has 0 atom stereocenters. The molecule has 0 saturated heterocycles. The molecule has 0 fully saturated rings. The van der Waals surface area contributed by atoms with Gasteiger partial charge < -0.3 is 20.2 Å². The van der Waals surface area contributed by atoms with Crippen LogP contribution in [0.4, 0.5) is 5.69 Å². The van der Waals surface area contributed by atoms with Crippen LogP contribution in [0.2, 0.25) is 0 Å². The molecule has 5 nitrogen and oxygen atoms in total. The summed E-state index contributed by atoms with van der Waals surface area (Å²) < 4.78 is 10.5. The SMILES string of the molecule is CCOCc1cccc(NC(=O)c2coc(CN)c2)c1.Cl. The Labute approximate surface area is 129 Å². The molecule has 21 heavy (non-hydrogen) atoms. The van der Waals surface area contributed by atoms with E-state index < -0.39 is 0 Å². The van der Waals surface area contributed by atoms with Gasteiger partial charge in [0.2, 0.25) is 0 Å². The molecule has 0 aliphatic carbocycles. The summed E-state index contributed by atoms with van der Waals surface area (Å²) in [4.78, 5) is 12.0. The van der Waals surface area contributed by atoms with Gasteiger partial charge in [-0.05, 0) is 30.7 Å². The van der Waals surface area contributed by atoms with E-state index in [0.29, 0.717) is 24.5 Å². The Morgan fingerprint density at radius 3 is 2.86 bits per heavy atom. The van der Waals surface area contributed by atoms with E-state index in [2.05, 4.69) is 5.32 Å². The third-order valence-electron chi connectivity index (χ3n) is 2.77. The quantitative estimate of drug-likeness (QED) is 0.860. The van der Waals surface area contributed by atoms with Crippen LogP contribution < -0.4 is 11.1 Å². The first-order chi connectivity index (χ1) is 9.72. The Balaban J connectivity index is 0.00000220. The second kappa shape index (κ2) is 8.46. The largest absolute Gasteiger partial charge is 0.467 e. The average Bonchev–Trinajstić information content (AvgIpc) is 2.94. The van der Waals surface area contributed by atoms with Crippen LogP contribution in [0.1, 0.15) is 28.6 Å². The lowest BCUT2D eigenvalue weighted by molar-refractivity contribution is 0.102. The first-order valence-corrected chi connectivity index (χ1v) is 6.48. The summed E-state index contributed by atoms with van der Waals surface area (Å²) in [6.45, 7) is 3.41. The maximum atomic E-state index is 12.0. The first kappa shape index (κ1) is 17.2. The predicted molar refractivity (Wildman–Crippen MR) is 83.6 cm³/mol. The molecule has 1 heterocycles. The first-order valence-electron chi connectivity index (χ1n) is 6.48. The van der Waals surface area contributed by atoms with E-state index in [1.807, 2.05) is 31.2 Å². The van der Waals surface area contributed by atoms with Crippen molar-refractivity contribution in [1.82, 2.24) is 0 Å². The molecular weight excluding hydrogens is 292 g/mol. The summed E-state index contributed by atoms with van der Waals surface area (Å²) in [6.07, 6.45) is 1.40. The fourth-order valence-electron chi connectivity index (χ4n) is 1.77. The molecule has 0 saturated carbocycles. The van der Waals surface area contributed by atoms with Crippen molar-refractivity contribution in [3.8, 4) is 0 Å². The maximum Gasteiger partial charge on any atom is 0.258 e. The number of amides is 1. The second-order valence-corrected chi connectivity index (χ2v) is 4.30. The van der Waals surface area contributed by atoms with E-state index in [1.54, 1.807) is 6.07 Å². The lowest BCUT2D eigenvalue weighted by Gasteiger charge is -2.06. The van der Waals surface area contributed by atoms with Crippen molar-refractivity contribution in [2.45, 2.75) is 20.1 Å². The van der Waals surface area contributed by atoms with Crippen molar-refractivity contribution >= 4 is 24.0 Å². The van der Waals surface area contributed by atoms with Gasteiger partial charge in [-0.2, -0.15) is 0 Å². The van der Waals surface area contributed by atoms with Crippen LogP contribution in [0.25, 0.3) is 0 Å². The number of furan rings is 1. The highest BCUT2D eigenvalue weighted by atomic mass is 35.5. The van der Waals surface area contributed by atoms with E-state index >= 15 is 0 Å². The molecule has 1 aromatic heterocycles. The molecule has 114 valence electrons. The second-order valence-electron chi connectivity index (χ2n) is 4.30. The van der Waals surface area contributed by atoms with Crippen molar-refractivity contribution in [2.75, 3.05) is 11.9 Å². The fourth-order valence-corrected chi connectivity index (χ4v) is 1.77. The number of ether oxygens (including phenoxy) is 1. The maximum absolute atomic E-state index is 12.0. The Morgan fingerprint density at radius 1 is 1.38 bits per heavy atom. The van der Waals surface area contributed by atoms with Gasteiger partial charge >= 0.3 is 0 Å². The van der Waals surface area contributed by atoms with Crippen molar-refractivity contribution in [3.05, 3.63) is 53.5 Å². The number of halogens is 1. The van der Waals surface area contributed by atoms with Gasteiger partial charge in [0.1, 0.15) is 12.0 Å². The number of anilines is 1. The molecule has 1 amide bonds. The number of hydrogen-bond acceptors (Lipinski definition) is 4. The number of benzene rings is 1. The molecule has 0 radical (unpaired) electrons.